The Morgan fingerprint density at radius 1 is 1.40 bits per heavy atom. The Bertz CT molecular complexity index is 249. The summed E-state index contributed by atoms with van der Waals surface area (Å²) in [7, 11) is 0. The third-order valence-corrected chi connectivity index (χ3v) is 2.57. The molecule has 0 saturated heterocycles. The Morgan fingerprint density at radius 3 is 2.80 bits per heavy atom. The van der Waals surface area contributed by atoms with E-state index < -0.39 is 0 Å². The molecule has 3 nitrogen and oxygen atoms in total. The molecular weight excluding hydrogens is 208 g/mol. The number of aromatic nitrogens is 1. The van der Waals surface area contributed by atoms with Gasteiger partial charge >= 0.3 is 0 Å². The minimum Gasteiger partial charge on any atom is -0.380 e. The molecule has 0 aliphatic carbocycles. The van der Waals surface area contributed by atoms with Crippen LogP contribution in [0.15, 0.2) is 10.9 Å². The summed E-state index contributed by atoms with van der Waals surface area (Å²) in [6.07, 6.45) is 0. The van der Waals surface area contributed by atoms with Crippen LogP contribution in [0.4, 0.5) is 0 Å². The molecule has 0 amide bonds. The van der Waals surface area contributed by atoms with Gasteiger partial charge in [0.15, 0.2) is 0 Å². The number of nitrogens with one attached hydrogen (secondary N) is 1. The highest BCUT2D eigenvalue weighted by molar-refractivity contribution is 7.07. The molecule has 1 unspecified atom stereocenters. The molecular formula is C11H20N2OS. The van der Waals surface area contributed by atoms with Crippen LogP contribution in [0.2, 0.25) is 0 Å². The highest BCUT2D eigenvalue weighted by Crippen LogP contribution is 2.00. The van der Waals surface area contributed by atoms with Crippen molar-refractivity contribution in [3.8, 4) is 0 Å². The van der Waals surface area contributed by atoms with Gasteiger partial charge in [-0.25, -0.2) is 4.98 Å². The Morgan fingerprint density at radius 2 is 2.20 bits per heavy atom. The fraction of sp³-hybridized carbons (Fsp3) is 0.727. The monoisotopic (exact) mass is 228 g/mol. The second-order valence-electron chi connectivity index (χ2n) is 4.19. The fourth-order valence-electron chi connectivity index (χ4n) is 1.14. The van der Waals surface area contributed by atoms with Gasteiger partial charge < -0.3 is 10.1 Å². The van der Waals surface area contributed by atoms with Gasteiger partial charge in [-0.15, -0.1) is 11.3 Å². The van der Waals surface area contributed by atoms with E-state index in [-0.39, 0.29) is 0 Å². The lowest BCUT2D eigenvalue weighted by molar-refractivity contribution is 0.0934. The van der Waals surface area contributed by atoms with Crippen molar-refractivity contribution >= 4 is 11.3 Å². The van der Waals surface area contributed by atoms with Crippen LogP contribution in [-0.2, 0) is 11.3 Å². The average Bonchev–Trinajstić information content (AvgIpc) is 2.66. The van der Waals surface area contributed by atoms with E-state index in [4.69, 9.17) is 4.74 Å². The molecule has 1 heterocycles. The molecule has 1 rings (SSSR count). The van der Waals surface area contributed by atoms with Crippen LogP contribution in [0.1, 0.15) is 26.5 Å². The highest BCUT2D eigenvalue weighted by Gasteiger charge is 2.03. The van der Waals surface area contributed by atoms with Crippen LogP contribution in [0.25, 0.3) is 0 Å². The summed E-state index contributed by atoms with van der Waals surface area (Å²) in [6.45, 7) is 8.88. The predicted molar refractivity (Wildman–Crippen MR) is 64.1 cm³/mol. The Kier molecular flexibility index (Phi) is 5.83. The van der Waals surface area contributed by atoms with E-state index in [1.807, 2.05) is 5.51 Å². The molecule has 0 fully saturated rings. The SMILES string of the molecule is CC(C)COCC(C)NCc1cscn1. The van der Waals surface area contributed by atoms with E-state index in [1.165, 1.54) is 0 Å². The summed E-state index contributed by atoms with van der Waals surface area (Å²) in [5.74, 6) is 0.607. The lowest BCUT2D eigenvalue weighted by Crippen LogP contribution is -2.30. The third kappa shape index (κ3) is 5.87. The Hall–Kier alpha value is -0.450. The van der Waals surface area contributed by atoms with E-state index in [0.717, 1.165) is 25.5 Å². The molecule has 0 aromatic carbocycles. The molecule has 86 valence electrons. The summed E-state index contributed by atoms with van der Waals surface area (Å²) < 4.78 is 5.55. The van der Waals surface area contributed by atoms with Crippen molar-refractivity contribution in [2.75, 3.05) is 13.2 Å². The molecule has 0 aliphatic heterocycles. The molecule has 0 bridgehead atoms. The molecule has 1 aromatic heterocycles. The zero-order valence-electron chi connectivity index (χ0n) is 9.69. The van der Waals surface area contributed by atoms with Gasteiger partial charge in [-0.2, -0.15) is 0 Å². The molecule has 1 N–H and O–H groups in total. The first kappa shape index (κ1) is 12.6. The first-order chi connectivity index (χ1) is 7.18. The average molecular weight is 228 g/mol. The molecule has 15 heavy (non-hydrogen) atoms. The zero-order valence-corrected chi connectivity index (χ0v) is 10.5. The van der Waals surface area contributed by atoms with Gasteiger partial charge in [-0.1, -0.05) is 13.8 Å². The lowest BCUT2D eigenvalue weighted by Gasteiger charge is -2.14. The number of hydrogen-bond donors (Lipinski definition) is 1. The van der Waals surface area contributed by atoms with E-state index in [2.05, 4.69) is 36.5 Å². The minimum atomic E-state index is 0.380. The minimum absolute atomic E-state index is 0.380. The molecule has 0 aliphatic rings. The first-order valence-electron chi connectivity index (χ1n) is 5.36. The zero-order chi connectivity index (χ0) is 11.1. The van der Waals surface area contributed by atoms with Crippen molar-refractivity contribution in [3.05, 3.63) is 16.6 Å². The van der Waals surface area contributed by atoms with Crippen LogP contribution in [0.3, 0.4) is 0 Å². The van der Waals surface area contributed by atoms with Crippen LogP contribution in [-0.4, -0.2) is 24.2 Å². The van der Waals surface area contributed by atoms with Crippen molar-refractivity contribution < 1.29 is 4.74 Å². The Balaban J connectivity index is 2.06. The maximum Gasteiger partial charge on any atom is 0.0795 e. The van der Waals surface area contributed by atoms with Crippen molar-refractivity contribution in [1.29, 1.82) is 0 Å². The number of hydrogen-bond acceptors (Lipinski definition) is 4. The summed E-state index contributed by atoms with van der Waals surface area (Å²) in [5, 5.41) is 5.44. The van der Waals surface area contributed by atoms with E-state index in [1.54, 1.807) is 11.3 Å². The summed E-state index contributed by atoms with van der Waals surface area (Å²) >= 11 is 1.63. The van der Waals surface area contributed by atoms with E-state index in [9.17, 15) is 0 Å². The Labute approximate surface area is 95.9 Å². The standard InChI is InChI=1S/C11H20N2OS/c1-9(2)5-14-6-10(3)12-4-11-7-15-8-13-11/h7-10,12H,4-6H2,1-3H3. The van der Waals surface area contributed by atoms with Gasteiger partial charge in [0.1, 0.15) is 0 Å². The maximum atomic E-state index is 5.55. The summed E-state index contributed by atoms with van der Waals surface area (Å²) in [4.78, 5) is 4.21. The predicted octanol–water partition coefficient (Wildman–Crippen LogP) is 2.29. The van der Waals surface area contributed by atoms with Crippen LogP contribution >= 0.6 is 11.3 Å². The lowest BCUT2D eigenvalue weighted by atomic mass is 10.2. The van der Waals surface area contributed by atoms with Crippen LogP contribution < -0.4 is 5.32 Å². The number of nitrogens with zero attached hydrogens (tertiary/aromatic N) is 1. The number of thiazole rings is 1. The first-order valence-corrected chi connectivity index (χ1v) is 6.31. The van der Waals surface area contributed by atoms with E-state index >= 15 is 0 Å². The second kappa shape index (κ2) is 6.93. The van der Waals surface area contributed by atoms with Gasteiger partial charge in [-0.3, -0.25) is 0 Å². The highest BCUT2D eigenvalue weighted by atomic mass is 32.1. The number of rotatable bonds is 7. The number of ether oxygens (including phenoxy) is 1. The van der Waals surface area contributed by atoms with Gasteiger partial charge in [0.2, 0.25) is 0 Å². The quantitative estimate of drug-likeness (QED) is 0.777. The van der Waals surface area contributed by atoms with Crippen molar-refractivity contribution in [3.63, 3.8) is 0 Å². The molecule has 1 aromatic rings. The molecule has 4 heteroatoms. The van der Waals surface area contributed by atoms with Crippen LogP contribution in [0.5, 0.6) is 0 Å². The van der Waals surface area contributed by atoms with Crippen LogP contribution in [0, 0.1) is 5.92 Å². The normalized spacial score (nSPS) is 13.3. The molecule has 0 radical (unpaired) electrons. The molecule has 0 saturated carbocycles. The third-order valence-electron chi connectivity index (χ3n) is 1.93. The summed E-state index contributed by atoms with van der Waals surface area (Å²) in [5.41, 5.74) is 2.97. The van der Waals surface area contributed by atoms with Crippen molar-refractivity contribution in [2.24, 2.45) is 5.92 Å². The van der Waals surface area contributed by atoms with Crippen molar-refractivity contribution in [1.82, 2.24) is 10.3 Å². The fourth-order valence-corrected chi connectivity index (χ4v) is 1.70. The van der Waals surface area contributed by atoms with Gasteiger partial charge in [0.25, 0.3) is 0 Å². The van der Waals surface area contributed by atoms with Gasteiger partial charge in [-0.05, 0) is 12.8 Å². The largest absolute Gasteiger partial charge is 0.380 e. The van der Waals surface area contributed by atoms with Gasteiger partial charge in [0.05, 0.1) is 17.8 Å². The smallest absolute Gasteiger partial charge is 0.0795 e. The molecule has 1 atom stereocenters. The van der Waals surface area contributed by atoms with Gasteiger partial charge in [0, 0.05) is 24.6 Å². The summed E-state index contributed by atoms with van der Waals surface area (Å²) in [6, 6.07) is 0.380. The topological polar surface area (TPSA) is 34.1 Å². The second-order valence-corrected chi connectivity index (χ2v) is 4.91. The molecule has 0 spiro atoms. The maximum absolute atomic E-state index is 5.55. The van der Waals surface area contributed by atoms with Crippen molar-refractivity contribution in [2.45, 2.75) is 33.4 Å². The van der Waals surface area contributed by atoms with E-state index in [0.29, 0.717) is 12.0 Å².